The van der Waals surface area contributed by atoms with Crippen molar-refractivity contribution in [3.8, 4) is 0 Å². The molecule has 3 aromatic rings. The second kappa shape index (κ2) is 8.54. The van der Waals surface area contributed by atoms with Crippen molar-refractivity contribution >= 4 is 34.7 Å². The largest absolute Gasteiger partial charge is 0.366 e. The predicted octanol–water partition coefficient (Wildman–Crippen LogP) is 4.35. The Balaban J connectivity index is 1.54. The number of carbonyl (C=O) groups is 1. The lowest BCUT2D eigenvalue weighted by atomic mass is 10.1. The van der Waals surface area contributed by atoms with Gasteiger partial charge in [-0.1, -0.05) is 23.7 Å². The zero-order chi connectivity index (χ0) is 21.1. The van der Waals surface area contributed by atoms with Crippen LogP contribution in [0.15, 0.2) is 54.7 Å². The molecule has 1 amide bonds. The summed E-state index contributed by atoms with van der Waals surface area (Å²) in [4.78, 5) is 25.9. The number of anilines is 2. The van der Waals surface area contributed by atoms with Crippen molar-refractivity contribution in [2.75, 3.05) is 23.3 Å². The van der Waals surface area contributed by atoms with Crippen LogP contribution in [0, 0.1) is 10.1 Å². The molecule has 0 unspecified atom stereocenters. The zero-order valence-electron chi connectivity index (χ0n) is 16.1. The monoisotopic (exact) mass is 425 g/mol. The van der Waals surface area contributed by atoms with Gasteiger partial charge in [-0.25, -0.2) is 4.68 Å². The quantitative estimate of drug-likeness (QED) is 0.468. The van der Waals surface area contributed by atoms with Gasteiger partial charge in [-0.3, -0.25) is 14.9 Å². The average molecular weight is 426 g/mol. The molecule has 0 aliphatic carbocycles. The number of nitrogens with one attached hydrogen (secondary N) is 1. The minimum Gasteiger partial charge on any atom is -0.366 e. The lowest BCUT2D eigenvalue weighted by molar-refractivity contribution is -0.384. The molecule has 0 atom stereocenters. The van der Waals surface area contributed by atoms with Crippen molar-refractivity contribution in [2.24, 2.45) is 0 Å². The Hall–Kier alpha value is -3.39. The Morgan fingerprint density at radius 1 is 1.17 bits per heavy atom. The molecule has 1 saturated heterocycles. The highest BCUT2D eigenvalue weighted by Gasteiger charge is 2.24. The maximum atomic E-state index is 12.8. The first-order valence-electron chi connectivity index (χ1n) is 9.62. The Morgan fingerprint density at radius 3 is 2.70 bits per heavy atom. The highest BCUT2D eigenvalue weighted by atomic mass is 35.5. The van der Waals surface area contributed by atoms with Crippen LogP contribution in [0.2, 0.25) is 5.02 Å². The third-order valence-electron chi connectivity index (χ3n) is 5.06. The van der Waals surface area contributed by atoms with Crippen LogP contribution in [0.25, 0.3) is 0 Å². The molecule has 1 fully saturated rings. The molecule has 4 rings (SSSR count). The van der Waals surface area contributed by atoms with Crippen molar-refractivity contribution in [1.29, 1.82) is 0 Å². The van der Waals surface area contributed by atoms with Gasteiger partial charge >= 0.3 is 0 Å². The summed E-state index contributed by atoms with van der Waals surface area (Å²) in [5.74, 6) is 0.0603. The van der Waals surface area contributed by atoms with Gasteiger partial charge in [-0.2, -0.15) is 5.10 Å². The van der Waals surface area contributed by atoms with Crippen LogP contribution in [0.3, 0.4) is 0 Å². The number of aromatic nitrogens is 2. The maximum Gasteiger partial charge on any atom is 0.293 e. The number of benzene rings is 2. The van der Waals surface area contributed by atoms with Crippen molar-refractivity contribution in [2.45, 2.75) is 19.4 Å². The van der Waals surface area contributed by atoms with E-state index in [4.69, 9.17) is 11.6 Å². The second-order valence-electron chi connectivity index (χ2n) is 7.11. The number of halogens is 1. The fourth-order valence-electron chi connectivity index (χ4n) is 3.60. The van der Waals surface area contributed by atoms with Crippen LogP contribution in [-0.2, 0) is 6.54 Å². The van der Waals surface area contributed by atoms with Gasteiger partial charge in [0, 0.05) is 35.8 Å². The SMILES string of the molecule is O=C(Nc1ccnn1Cc1cccc(Cl)c1)c1ccc(N2CCCC2)c([N+](=O)[O-])c1. The number of hydrogen-bond donors (Lipinski definition) is 1. The van der Waals surface area contributed by atoms with E-state index in [1.807, 2.05) is 23.1 Å². The molecule has 8 nitrogen and oxygen atoms in total. The van der Waals surface area contributed by atoms with Gasteiger partial charge < -0.3 is 10.2 Å². The number of nitro groups is 1. The Labute approximate surface area is 178 Å². The van der Waals surface area contributed by atoms with E-state index in [0.717, 1.165) is 31.5 Å². The standard InChI is InChI=1S/C21H20ClN5O3/c22-17-5-3-4-15(12-17)14-26-20(8-9-23-26)24-21(28)16-6-7-18(19(13-16)27(29)30)25-10-1-2-11-25/h3-9,12-13H,1-2,10-11,14H2,(H,24,28). The van der Waals surface area contributed by atoms with Crippen molar-refractivity contribution < 1.29 is 9.72 Å². The first-order valence-corrected chi connectivity index (χ1v) is 10.00. The number of nitrogens with zero attached hydrogens (tertiary/aromatic N) is 4. The van der Waals surface area contributed by atoms with Crippen molar-refractivity contribution in [1.82, 2.24) is 9.78 Å². The summed E-state index contributed by atoms with van der Waals surface area (Å²) >= 11 is 6.03. The van der Waals surface area contributed by atoms with Crippen molar-refractivity contribution in [3.63, 3.8) is 0 Å². The van der Waals surface area contributed by atoms with Gasteiger partial charge in [-0.15, -0.1) is 0 Å². The third kappa shape index (κ3) is 4.28. The lowest BCUT2D eigenvalue weighted by Crippen LogP contribution is -2.20. The van der Waals surface area contributed by atoms with Crippen LogP contribution < -0.4 is 10.2 Å². The van der Waals surface area contributed by atoms with Crippen LogP contribution in [-0.4, -0.2) is 33.7 Å². The normalized spacial score (nSPS) is 13.4. The minimum absolute atomic E-state index is 0.0583. The predicted molar refractivity (Wildman–Crippen MR) is 115 cm³/mol. The van der Waals surface area contributed by atoms with E-state index in [0.29, 0.717) is 23.1 Å². The minimum atomic E-state index is -0.437. The van der Waals surface area contributed by atoms with E-state index in [9.17, 15) is 14.9 Å². The molecule has 0 radical (unpaired) electrons. The van der Waals surface area contributed by atoms with Crippen LogP contribution in [0.5, 0.6) is 0 Å². The summed E-state index contributed by atoms with van der Waals surface area (Å²) in [6, 6.07) is 13.7. The molecule has 30 heavy (non-hydrogen) atoms. The molecular formula is C21H20ClN5O3. The van der Waals surface area contributed by atoms with Crippen LogP contribution >= 0.6 is 11.6 Å². The molecule has 1 aliphatic rings. The fourth-order valence-corrected chi connectivity index (χ4v) is 3.81. The number of carbonyl (C=O) groups excluding carboxylic acids is 1. The van der Waals surface area contributed by atoms with Crippen LogP contribution in [0.4, 0.5) is 17.2 Å². The molecule has 2 heterocycles. The summed E-state index contributed by atoms with van der Waals surface area (Å²) in [5.41, 5.74) is 1.66. The smallest absolute Gasteiger partial charge is 0.293 e. The van der Waals surface area contributed by atoms with E-state index < -0.39 is 10.8 Å². The number of amides is 1. The molecule has 1 aromatic heterocycles. The molecule has 9 heteroatoms. The number of hydrogen-bond acceptors (Lipinski definition) is 5. The van der Waals surface area contributed by atoms with Gasteiger partial charge in [-0.05, 0) is 42.7 Å². The molecular weight excluding hydrogens is 406 g/mol. The highest BCUT2D eigenvalue weighted by Crippen LogP contribution is 2.32. The number of nitro benzene ring substituents is 1. The van der Waals surface area contributed by atoms with Gasteiger partial charge in [0.2, 0.25) is 0 Å². The molecule has 1 N–H and O–H groups in total. The number of rotatable bonds is 6. The Kier molecular flexibility index (Phi) is 5.67. The van der Waals surface area contributed by atoms with Gasteiger partial charge in [0.25, 0.3) is 11.6 Å². The molecule has 1 aliphatic heterocycles. The van der Waals surface area contributed by atoms with E-state index in [1.54, 1.807) is 35.1 Å². The summed E-state index contributed by atoms with van der Waals surface area (Å²) in [5, 5.41) is 19.2. The third-order valence-corrected chi connectivity index (χ3v) is 5.30. The summed E-state index contributed by atoms with van der Waals surface area (Å²) in [7, 11) is 0. The zero-order valence-corrected chi connectivity index (χ0v) is 16.9. The Morgan fingerprint density at radius 2 is 1.97 bits per heavy atom. The first kappa shape index (κ1) is 19.9. The van der Waals surface area contributed by atoms with E-state index >= 15 is 0 Å². The van der Waals surface area contributed by atoms with Crippen molar-refractivity contribution in [3.05, 3.63) is 81.0 Å². The Bertz CT molecular complexity index is 1090. The van der Waals surface area contributed by atoms with E-state index in [1.165, 1.54) is 6.07 Å². The lowest BCUT2D eigenvalue weighted by Gasteiger charge is -2.18. The van der Waals surface area contributed by atoms with Gasteiger partial charge in [0.05, 0.1) is 17.7 Å². The maximum absolute atomic E-state index is 12.8. The molecule has 154 valence electrons. The van der Waals surface area contributed by atoms with Gasteiger partial charge in [0.1, 0.15) is 11.5 Å². The average Bonchev–Trinajstić information content (AvgIpc) is 3.40. The molecule has 0 spiro atoms. The summed E-state index contributed by atoms with van der Waals surface area (Å²) < 4.78 is 1.64. The summed E-state index contributed by atoms with van der Waals surface area (Å²) in [6.45, 7) is 2.00. The topological polar surface area (TPSA) is 93.3 Å². The van der Waals surface area contributed by atoms with Crippen LogP contribution in [0.1, 0.15) is 28.8 Å². The fraction of sp³-hybridized carbons (Fsp3) is 0.238. The van der Waals surface area contributed by atoms with E-state index in [-0.39, 0.29) is 11.3 Å². The second-order valence-corrected chi connectivity index (χ2v) is 7.55. The van der Waals surface area contributed by atoms with Gasteiger partial charge in [0.15, 0.2) is 0 Å². The summed E-state index contributed by atoms with van der Waals surface area (Å²) in [6.07, 6.45) is 3.60. The highest BCUT2D eigenvalue weighted by molar-refractivity contribution is 6.30. The molecule has 0 saturated carbocycles. The molecule has 2 aromatic carbocycles. The molecule has 0 bridgehead atoms. The van der Waals surface area contributed by atoms with E-state index in [2.05, 4.69) is 10.4 Å². The first-order chi connectivity index (χ1) is 14.5.